The zero-order chi connectivity index (χ0) is 19.4. The molecule has 0 bridgehead atoms. The van der Waals surface area contributed by atoms with E-state index in [2.05, 4.69) is 12.0 Å². The lowest BCUT2D eigenvalue weighted by atomic mass is 10.1. The molecule has 3 rings (SSSR count). The summed E-state index contributed by atoms with van der Waals surface area (Å²) in [5, 5.41) is 4.61. The van der Waals surface area contributed by atoms with E-state index in [4.69, 9.17) is 10.5 Å². The van der Waals surface area contributed by atoms with Gasteiger partial charge in [-0.3, -0.25) is 4.79 Å². The maximum absolute atomic E-state index is 12.5. The summed E-state index contributed by atoms with van der Waals surface area (Å²) in [4.78, 5) is 23.5. The van der Waals surface area contributed by atoms with Gasteiger partial charge in [0, 0.05) is 11.8 Å². The summed E-state index contributed by atoms with van der Waals surface area (Å²) in [5.41, 5.74) is 9.72. The molecule has 2 N–H and O–H groups in total. The number of nitrogens with two attached hydrogens (primary N) is 1. The number of hydrogen-bond donors (Lipinski definition) is 1. The second kappa shape index (κ2) is 7.86. The average molecular weight is 363 g/mol. The van der Waals surface area contributed by atoms with Gasteiger partial charge in [-0.1, -0.05) is 49.4 Å². The van der Waals surface area contributed by atoms with Crippen LogP contribution in [0.2, 0.25) is 0 Å². The highest BCUT2D eigenvalue weighted by molar-refractivity contribution is 5.97. The third-order valence-corrected chi connectivity index (χ3v) is 4.28. The van der Waals surface area contributed by atoms with E-state index in [0.717, 1.165) is 23.2 Å². The maximum atomic E-state index is 12.5. The maximum Gasteiger partial charge on any atom is 0.342 e. The molecule has 6 heteroatoms. The molecular formula is C21H21N3O3. The van der Waals surface area contributed by atoms with Crippen molar-refractivity contribution in [2.24, 2.45) is 5.73 Å². The van der Waals surface area contributed by atoms with Gasteiger partial charge in [-0.25, -0.2) is 9.48 Å². The second-order valence-corrected chi connectivity index (χ2v) is 6.22. The average Bonchev–Trinajstić information content (AvgIpc) is 3.11. The van der Waals surface area contributed by atoms with Crippen LogP contribution >= 0.6 is 0 Å². The van der Waals surface area contributed by atoms with Gasteiger partial charge in [0.15, 0.2) is 6.61 Å². The molecule has 0 saturated heterocycles. The molecule has 1 heterocycles. The van der Waals surface area contributed by atoms with Crippen molar-refractivity contribution in [1.29, 1.82) is 0 Å². The lowest BCUT2D eigenvalue weighted by Gasteiger charge is -2.05. The number of carbonyl (C=O) groups excluding carboxylic acids is 2. The van der Waals surface area contributed by atoms with E-state index in [1.807, 2.05) is 55.5 Å². The first-order valence-corrected chi connectivity index (χ1v) is 8.70. The number of primary amides is 1. The van der Waals surface area contributed by atoms with Crippen molar-refractivity contribution in [3.8, 4) is 16.9 Å². The Hall–Kier alpha value is -3.41. The van der Waals surface area contributed by atoms with E-state index in [1.165, 1.54) is 5.56 Å². The molecule has 0 spiro atoms. The molecule has 1 aromatic heterocycles. The molecule has 0 aliphatic rings. The Kier molecular flexibility index (Phi) is 5.35. The lowest BCUT2D eigenvalue weighted by molar-refractivity contribution is -0.121. The highest BCUT2D eigenvalue weighted by Gasteiger charge is 2.21. The molecule has 0 unspecified atom stereocenters. The van der Waals surface area contributed by atoms with Crippen molar-refractivity contribution in [3.05, 3.63) is 71.4 Å². The Labute approximate surface area is 157 Å². The smallest absolute Gasteiger partial charge is 0.342 e. The predicted octanol–water partition coefficient (Wildman–Crippen LogP) is 3.05. The fourth-order valence-electron chi connectivity index (χ4n) is 2.79. The molecule has 0 aliphatic heterocycles. The van der Waals surface area contributed by atoms with Gasteiger partial charge < -0.3 is 10.5 Å². The number of ether oxygens (including phenoxy) is 1. The Morgan fingerprint density at radius 1 is 1.11 bits per heavy atom. The van der Waals surface area contributed by atoms with Gasteiger partial charge in [-0.2, -0.15) is 5.10 Å². The van der Waals surface area contributed by atoms with Crippen LogP contribution in [0.3, 0.4) is 0 Å². The van der Waals surface area contributed by atoms with E-state index >= 15 is 0 Å². The number of esters is 1. The van der Waals surface area contributed by atoms with Gasteiger partial charge >= 0.3 is 5.97 Å². The first kappa shape index (κ1) is 18.4. The van der Waals surface area contributed by atoms with Gasteiger partial charge in [-0.05, 0) is 30.5 Å². The summed E-state index contributed by atoms with van der Waals surface area (Å²) in [5.74, 6) is -1.34. The molecule has 1 amide bonds. The first-order valence-electron chi connectivity index (χ1n) is 8.70. The fraction of sp³-hybridized carbons (Fsp3) is 0.190. The normalized spacial score (nSPS) is 10.6. The standard InChI is InChI=1S/C21H21N3O3/c1-3-15-8-10-16(11-9-15)20-17(21(26)27-13-19(22)25)12-24(23-20)18-7-5-4-6-14(18)2/h4-12H,3,13H2,1-2H3,(H2,22,25). The molecule has 0 fully saturated rings. The summed E-state index contributed by atoms with van der Waals surface area (Å²) < 4.78 is 6.66. The van der Waals surface area contributed by atoms with Crippen molar-refractivity contribution in [1.82, 2.24) is 9.78 Å². The van der Waals surface area contributed by atoms with Crippen LogP contribution in [-0.2, 0) is 16.0 Å². The number of hydrogen-bond acceptors (Lipinski definition) is 4. The number of nitrogens with zero attached hydrogens (tertiary/aromatic N) is 2. The van der Waals surface area contributed by atoms with Gasteiger partial charge in [0.25, 0.3) is 5.91 Å². The predicted molar refractivity (Wildman–Crippen MR) is 103 cm³/mol. The van der Waals surface area contributed by atoms with Gasteiger partial charge in [-0.15, -0.1) is 0 Å². The summed E-state index contributed by atoms with van der Waals surface area (Å²) in [6, 6.07) is 15.6. The third kappa shape index (κ3) is 4.06. The van der Waals surface area contributed by atoms with Crippen LogP contribution in [0.15, 0.2) is 54.7 Å². The number of para-hydroxylation sites is 1. The largest absolute Gasteiger partial charge is 0.452 e. The van der Waals surface area contributed by atoms with Gasteiger partial charge in [0.2, 0.25) is 0 Å². The molecule has 2 aromatic carbocycles. The van der Waals surface area contributed by atoms with E-state index in [-0.39, 0.29) is 5.56 Å². The number of rotatable bonds is 6. The van der Waals surface area contributed by atoms with Crippen LogP contribution in [-0.4, -0.2) is 28.3 Å². The van der Waals surface area contributed by atoms with E-state index in [0.29, 0.717) is 5.69 Å². The summed E-state index contributed by atoms with van der Waals surface area (Å²) in [6.45, 7) is 3.58. The lowest BCUT2D eigenvalue weighted by Crippen LogP contribution is -2.21. The van der Waals surface area contributed by atoms with Crippen molar-refractivity contribution < 1.29 is 14.3 Å². The number of carbonyl (C=O) groups is 2. The van der Waals surface area contributed by atoms with Crippen molar-refractivity contribution in [2.75, 3.05) is 6.61 Å². The zero-order valence-corrected chi connectivity index (χ0v) is 15.3. The molecular weight excluding hydrogens is 342 g/mol. The minimum Gasteiger partial charge on any atom is -0.452 e. The number of aryl methyl sites for hydroxylation is 2. The number of benzene rings is 2. The molecule has 3 aromatic rings. The number of aromatic nitrogens is 2. The second-order valence-electron chi connectivity index (χ2n) is 6.22. The third-order valence-electron chi connectivity index (χ3n) is 4.28. The van der Waals surface area contributed by atoms with Crippen LogP contribution in [0, 0.1) is 6.92 Å². The number of amides is 1. The summed E-state index contributed by atoms with van der Waals surface area (Å²) >= 11 is 0. The summed E-state index contributed by atoms with van der Waals surface area (Å²) in [6.07, 6.45) is 2.54. The SMILES string of the molecule is CCc1ccc(-c2nn(-c3ccccc3C)cc2C(=O)OCC(N)=O)cc1. The van der Waals surface area contributed by atoms with Gasteiger partial charge in [0.1, 0.15) is 11.3 Å². The zero-order valence-electron chi connectivity index (χ0n) is 15.3. The van der Waals surface area contributed by atoms with Gasteiger partial charge in [0.05, 0.1) is 5.69 Å². The molecule has 0 saturated carbocycles. The van der Waals surface area contributed by atoms with E-state index < -0.39 is 18.5 Å². The monoisotopic (exact) mass is 363 g/mol. The van der Waals surface area contributed by atoms with E-state index in [9.17, 15) is 9.59 Å². The quantitative estimate of drug-likeness (QED) is 0.682. The van der Waals surface area contributed by atoms with Crippen molar-refractivity contribution in [2.45, 2.75) is 20.3 Å². The molecule has 138 valence electrons. The highest BCUT2D eigenvalue weighted by atomic mass is 16.5. The molecule has 27 heavy (non-hydrogen) atoms. The molecule has 6 nitrogen and oxygen atoms in total. The van der Waals surface area contributed by atoms with Crippen LogP contribution in [0.5, 0.6) is 0 Å². The Morgan fingerprint density at radius 3 is 2.44 bits per heavy atom. The van der Waals surface area contributed by atoms with E-state index in [1.54, 1.807) is 10.9 Å². The Bertz CT molecular complexity index is 975. The van der Waals surface area contributed by atoms with Crippen LogP contribution in [0.25, 0.3) is 16.9 Å². The fourth-order valence-corrected chi connectivity index (χ4v) is 2.79. The molecule has 0 atom stereocenters. The highest BCUT2D eigenvalue weighted by Crippen LogP contribution is 2.26. The first-order chi connectivity index (χ1) is 13.0. The van der Waals surface area contributed by atoms with Crippen LogP contribution in [0.1, 0.15) is 28.4 Å². The minimum atomic E-state index is -0.705. The van der Waals surface area contributed by atoms with Crippen molar-refractivity contribution >= 4 is 11.9 Å². The summed E-state index contributed by atoms with van der Waals surface area (Å²) in [7, 11) is 0. The van der Waals surface area contributed by atoms with Crippen LogP contribution in [0.4, 0.5) is 0 Å². The van der Waals surface area contributed by atoms with Crippen LogP contribution < -0.4 is 5.73 Å². The van der Waals surface area contributed by atoms with Crippen molar-refractivity contribution in [3.63, 3.8) is 0 Å². The topological polar surface area (TPSA) is 87.2 Å². The molecule has 0 aliphatic carbocycles. The molecule has 0 radical (unpaired) electrons. The minimum absolute atomic E-state index is 0.281. The Balaban J connectivity index is 2.07. The Morgan fingerprint density at radius 2 is 1.81 bits per heavy atom.